The first-order valence-corrected chi connectivity index (χ1v) is 8.41. The highest BCUT2D eigenvalue weighted by atomic mass is 32.1. The average molecular weight is 315 g/mol. The van der Waals surface area contributed by atoms with Gasteiger partial charge in [0.1, 0.15) is 5.75 Å². The number of oxime groups is 1. The first-order valence-electron chi connectivity index (χ1n) is 7.59. The van der Waals surface area contributed by atoms with Crippen LogP contribution in [0.25, 0.3) is 10.4 Å². The number of ether oxygens (including phenoxy) is 1. The summed E-state index contributed by atoms with van der Waals surface area (Å²) in [5.74, 6) is 0.895. The van der Waals surface area contributed by atoms with Gasteiger partial charge in [-0.05, 0) is 61.1 Å². The zero-order chi connectivity index (χ0) is 15.7. The Hall–Kier alpha value is -1.81. The first-order chi connectivity index (χ1) is 10.5. The molecule has 0 bridgehead atoms. The SMILES string of the molecule is CCOc1ccc(-c2cc3c(s2)CC(C)(C)C/C3=N\O)cc1. The van der Waals surface area contributed by atoms with Crippen molar-refractivity contribution in [1.29, 1.82) is 0 Å². The molecule has 0 saturated carbocycles. The van der Waals surface area contributed by atoms with E-state index in [-0.39, 0.29) is 5.41 Å². The Bertz CT molecular complexity index is 698. The van der Waals surface area contributed by atoms with Gasteiger partial charge in [0.25, 0.3) is 0 Å². The third-order valence-corrected chi connectivity index (χ3v) is 5.16. The second kappa shape index (κ2) is 5.76. The number of nitrogens with zero attached hydrogens (tertiary/aromatic N) is 1. The van der Waals surface area contributed by atoms with Crippen molar-refractivity contribution < 1.29 is 9.94 Å². The van der Waals surface area contributed by atoms with E-state index in [0.717, 1.165) is 29.9 Å². The van der Waals surface area contributed by atoms with Crippen molar-refractivity contribution in [3.8, 4) is 16.2 Å². The van der Waals surface area contributed by atoms with Crippen molar-refractivity contribution in [3.05, 3.63) is 40.8 Å². The van der Waals surface area contributed by atoms with Gasteiger partial charge in [-0.3, -0.25) is 0 Å². The van der Waals surface area contributed by atoms with E-state index in [9.17, 15) is 5.21 Å². The largest absolute Gasteiger partial charge is 0.494 e. The van der Waals surface area contributed by atoms with Gasteiger partial charge in [0.15, 0.2) is 0 Å². The molecular weight excluding hydrogens is 294 g/mol. The van der Waals surface area contributed by atoms with Gasteiger partial charge < -0.3 is 9.94 Å². The van der Waals surface area contributed by atoms with Gasteiger partial charge in [0.2, 0.25) is 0 Å². The van der Waals surface area contributed by atoms with Gasteiger partial charge >= 0.3 is 0 Å². The van der Waals surface area contributed by atoms with Crippen LogP contribution in [0.1, 0.15) is 37.6 Å². The summed E-state index contributed by atoms with van der Waals surface area (Å²) in [7, 11) is 0. The van der Waals surface area contributed by atoms with Crippen molar-refractivity contribution in [3.63, 3.8) is 0 Å². The Labute approximate surface area is 135 Å². The summed E-state index contributed by atoms with van der Waals surface area (Å²) in [6.45, 7) is 7.10. The third kappa shape index (κ3) is 2.88. The molecule has 3 nitrogen and oxygen atoms in total. The standard InChI is InChI=1S/C18H21NO2S/c1-4-21-13-7-5-12(6-8-13)16-9-14-15(19-20)10-18(2,3)11-17(14)22-16/h5-9,20H,4,10-11H2,1-3H3/b19-15+. The number of thiophene rings is 1. The van der Waals surface area contributed by atoms with Crippen LogP contribution in [0.15, 0.2) is 35.5 Å². The molecule has 1 aliphatic rings. The van der Waals surface area contributed by atoms with Crippen LogP contribution in [0.2, 0.25) is 0 Å². The Morgan fingerprint density at radius 2 is 1.95 bits per heavy atom. The Morgan fingerprint density at radius 1 is 1.23 bits per heavy atom. The molecule has 0 amide bonds. The summed E-state index contributed by atoms with van der Waals surface area (Å²) in [6.07, 6.45) is 1.85. The maximum atomic E-state index is 9.32. The van der Waals surface area contributed by atoms with E-state index >= 15 is 0 Å². The van der Waals surface area contributed by atoms with Gasteiger partial charge in [0, 0.05) is 15.3 Å². The first kappa shape index (κ1) is 15.1. The fourth-order valence-electron chi connectivity index (χ4n) is 2.96. The molecule has 1 aromatic heterocycles. The molecule has 116 valence electrons. The summed E-state index contributed by atoms with van der Waals surface area (Å²) in [5, 5.41) is 12.9. The Balaban J connectivity index is 1.96. The summed E-state index contributed by atoms with van der Waals surface area (Å²) in [4.78, 5) is 2.53. The average Bonchev–Trinajstić information content (AvgIpc) is 2.90. The highest BCUT2D eigenvalue weighted by molar-refractivity contribution is 7.15. The molecule has 2 aromatic rings. The van der Waals surface area contributed by atoms with Crippen LogP contribution in [-0.2, 0) is 6.42 Å². The molecule has 0 saturated heterocycles. The minimum absolute atomic E-state index is 0.148. The lowest BCUT2D eigenvalue weighted by Gasteiger charge is -2.29. The van der Waals surface area contributed by atoms with E-state index in [0.29, 0.717) is 6.61 Å². The number of hydrogen-bond donors (Lipinski definition) is 1. The second-order valence-electron chi connectivity index (χ2n) is 6.47. The number of rotatable bonds is 3. The van der Waals surface area contributed by atoms with E-state index in [2.05, 4.69) is 37.2 Å². The van der Waals surface area contributed by atoms with Gasteiger partial charge in [-0.2, -0.15) is 0 Å². The molecular formula is C18H21NO2S. The van der Waals surface area contributed by atoms with E-state index in [1.54, 1.807) is 11.3 Å². The molecule has 0 spiro atoms. The van der Waals surface area contributed by atoms with E-state index in [4.69, 9.17) is 4.74 Å². The van der Waals surface area contributed by atoms with Gasteiger partial charge in [-0.1, -0.05) is 19.0 Å². The van der Waals surface area contributed by atoms with Crippen molar-refractivity contribution >= 4 is 17.0 Å². The van der Waals surface area contributed by atoms with Crippen molar-refractivity contribution in [2.45, 2.75) is 33.6 Å². The van der Waals surface area contributed by atoms with Crippen molar-refractivity contribution in [1.82, 2.24) is 0 Å². The van der Waals surface area contributed by atoms with E-state index < -0.39 is 0 Å². The molecule has 0 atom stereocenters. The Morgan fingerprint density at radius 3 is 2.59 bits per heavy atom. The monoisotopic (exact) mass is 315 g/mol. The lowest BCUT2D eigenvalue weighted by atomic mass is 9.76. The lowest BCUT2D eigenvalue weighted by Crippen LogP contribution is -2.26. The van der Waals surface area contributed by atoms with E-state index in [1.165, 1.54) is 15.3 Å². The predicted molar refractivity (Wildman–Crippen MR) is 91.3 cm³/mol. The minimum atomic E-state index is 0.148. The van der Waals surface area contributed by atoms with Crippen LogP contribution >= 0.6 is 11.3 Å². The maximum absolute atomic E-state index is 9.32. The molecule has 1 N–H and O–H groups in total. The van der Waals surface area contributed by atoms with Crippen LogP contribution in [0.5, 0.6) is 5.75 Å². The number of fused-ring (bicyclic) bond motifs is 1. The Kier molecular flexibility index (Phi) is 3.96. The topological polar surface area (TPSA) is 41.8 Å². The molecule has 0 fully saturated rings. The number of benzene rings is 1. The molecule has 1 aliphatic carbocycles. The summed E-state index contributed by atoms with van der Waals surface area (Å²) >= 11 is 1.80. The third-order valence-electron chi connectivity index (χ3n) is 3.98. The molecule has 22 heavy (non-hydrogen) atoms. The molecule has 3 rings (SSSR count). The van der Waals surface area contributed by atoms with Crippen LogP contribution < -0.4 is 4.74 Å². The normalized spacial score (nSPS) is 18.2. The van der Waals surface area contributed by atoms with E-state index in [1.807, 2.05) is 19.1 Å². The fraction of sp³-hybridized carbons (Fsp3) is 0.389. The maximum Gasteiger partial charge on any atom is 0.119 e. The second-order valence-corrected chi connectivity index (χ2v) is 7.61. The highest BCUT2D eigenvalue weighted by Crippen LogP contribution is 2.42. The quantitative estimate of drug-likeness (QED) is 0.642. The van der Waals surface area contributed by atoms with Crippen LogP contribution in [0.4, 0.5) is 0 Å². The summed E-state index contributed by atoms with van der Waals surface area (Å²) < 4.78 is 5.49. The molecule has 0 radical (unpaired) electrons. The predicted octanol–water partition coefficient (Wildman–Crippen LogP) is 4.96. The minimum Gasteiger partial charge on any atom is -0.494 e. The summed E-state index contributed by atoms with van der Waals surface area (Å²) in [5.41, 5.74) is 3.24. The van der Waals surface area contributed by atoms with Gasteiger partial charge in [-0.25, -0.2) is 0 Å². The van der Waals surface area contributed by atoms with Gasteiger partial charge in [-0.15, -0.1) is 11.3 Å². The zero-order valence-corrected chi connectivity index (χ0v) is 14.0. The molecule has 0 unspecified atom stereocenters. The van der Waals surface area contributed by atoms with Crippen molar-refractivity contribution in [2.24, 2.45) is 10.6 Å². The highest BCUT2D eigenvalue weighted by Gasteiger charge is 2.31. The molecule has 1 heterocycles. The molecule has 0 aliphatic heterocycles. The fourth-order valence-corrected chi connectivity index (χ4v) is 4.41. The summed E-state index contributed by atoms with van der Waals surface area (Å²) in [6, 6.07) is 10.3. The zero-order valence-electron chi connectivity index (χ0n) is 13.2. The van der Waals surface area contributed by atoms with Gasteiger partial charge in [0.05, 0.1) is 12.3 Å². The van der Waals surface area contributed by atoms with Crippen molar-refractivity contribution in [2.75, 3.05) is 6.61 Å². The lowest BCUT2D eigenvalue weighted by molar-refractivity contribution is 0.307. The smallest absolute Gasteiger partial charge is 0.119 e. The van der Waals surface area contributed by atoms with Crippen LogP contribution in [-0.4, -0.2) is 17.5 Å². The molecule has 1 aromatic carbocycles. The number of hydrogen-bond acceptors (Lipinski definition) is 4. The van der Waals surface area contributed by atoms with Crippen LogP contribution in [0.3, 0.4) is 0 Å². The molecule has 4 heteroatoms. The van der Waals surface area contributed by atoms with Crippen LogP contribution in [0, 0.1) is 5.41 Å².